The summed E-state index contributed by atoms with van der Waals surface area (Å²) >= 11 is 0. The molecule has 0 fully saturated rings. The average molecular weight is 795 g/mol. The lowest BCUT2D eigenvalue weighted by atomic mass is 9.82. The lowest BCUT2D eigenvalue weighted by molar-refractivity contribution is 0.660. The summed E-state index contributed by atoms with van der Waals surface area (Å²) < 4.78 is 2.48. The van der Waals surface area contributed by atoms with Crippen molar-refractivity contribution in [2.45, 2.75) is 38.5 Å². The maximum Gasteiger partial charge on any atom is 0.0781 e. The van der Waals surface area contributed by atoms with E-state index in [0.717, 1.165) is 28.3 Å². The van der Waals surface area contributed by atoms with Gasteiger partial charge in [0.1, 0.15) is 0 Å². The Kier molecular flexibility index (Phi) is 7.96. The second-order valence-electron chi connectivity index (χ2n) is 18.1. The van der Waals surface area contributed by atoms with Crippen LogP contribution in [0.4, 0.5) is 17.1 Å². The molecule has 62 heavy (non-hydrogen) atoms. The van der Waals surface area contributed by atoms with Crippen LogP contribution in [-0.2, 0) is 10.8 Å². The van der Waals surface area contributed by atoms with Gasteiger partial charge in [-0.2, -0.15) is 0 Å². The summed E-state index contributed by atoms with van der Waals surface area (Å²) in [5.74, 6) is 0. The topological polar surface area (TPSA) is 8.17 Å². The highest BCUT2D eigenvalue weighted by atomic mass is 15.2. The summed E-state index contributed by atoms with van der Waals surface area (Å²) in [6, 6.07) is 76.7. The van der Waals surface area contributed by atoms with Crippen molar-refractivity contribution in [3.05, 3.63) is 229 Å². The van der Waals surface area contributed by atoms with Gasteiger partial charge in [0.15, 0.2) is 0 Å². The SMILES string of the molecule is CC1(C)c2ccccc2-c2cc(-c3ccc(N(c4ccc5c(c4)-c4ccccc4C5(C)C)c4c(-c5ccccc5)cccc4-n4c5ccccc5c5ccccc54)cc3)ccc21. The van der Waals surface area contributed by atoms with Gasteiger partial charge in [-0.25, -0.2) is 0 Å². The van der Waals surface area contributed by atoms with E-state index in [4.69, 9.17) is 0 Å². The minimum Gasteiger partial charge on any atom is -0.308 e. The van der Waals surface area contributed by atoms with E-state index in [1.807, 2.05) is 0 Å². The van der Waals surface area contributed by atoms with Crippen LogP contribution in [0.15, 0.2) is 206 Å². The Bertz CT molecular complexity index is 3350. The summed E-state index contributed by atoms with van der Waals surface area (Å²) in [7, 11) is 0. The van der Waals surface area contributed by atoms with E-state index in [0.29, 0.717) is 0 Å². The van der Waals surface area contributed by atoms with Crippen LogP contribution in [0.25, 0.3) is 72.0 Å². The van der Waals surface area contributed by atoms with Crippen molar-refractivity contribution in [1.29, 1.82) is 0 Å². The number of hydrogen-bond acceptors (Lipinski definition) is 1. The third-order valence-corrected chi connectivity index (χ3v) is 14.0. The minimum absolute atomic E-state index is 0.0272. The third kappa shape index (κ3) is 5.29. The van der Waals surface area contributed by atoms with E-state index >= 15 is 0 Å². The number of benzene rings is 9. The maximum atomic E-state index is 2.51. The van der Waals surface area contributed by atoms with E-state index in [1.54, 1.807) is 0 Å². The van der Waals surface area contributed by atoms with E-state index in [2.05, 4.69) is 243 Å². The zero-order chi connectivity index (χ0) is 41.7. The predicted molar refractivity (Wildman–Crippen MR) is 261 cm³/mol. The Hall–Kier alpha value is -7.42. The number of nitrogens with zero attached hydrogens (tertiary/aromatic N) is 2. The van der Waals surface area contributed by atoms with Crippen LogP contribution in [0.1, 0.15) is 49.9 Å². The van der Waals surface area contributed by atoms with Crippen LogP contribution < -0.4 is 4.90 Å². The summed E-state index contributed by atoms with van der Waals surface area (Å²) in [6.45, 7) is 9.41. The molecule has 9 aromatic carbocycles. The molecule has 12 rings (SSSR count). The maximum absolute atomic E-state index is 2.51. The van der Waals surface area contributed by atoms with Crippen molar-refractivity contribution in [2.24, 2.45) is 0 Å². The summed E-state index contributed by atoms with van der Waals surface area (Å²) in [6.07, 6.45) is 0. The van der Waals surface area contributed by atoms with E-state index in [1.165, 1.54) is 83.0 Å². The lowest BCUT2D eigenvalue weighted by Gasteiger charge is -2.31. The molecular weight excluding hydrogens is 749 g/mol. The van der Waals surface area contributed by atoms with Crippen LogP contribution in [0.5, 0.6) is 0 Å². The van der Waals surface area contributed by atoms with Crippen LogP contribution in [0, 0.1) is 0 Å². The standard InChI is InChI=1S/C60H46N2/c1-59(2)51-24-12-8-19-45(51)49-37-41(31-35-53(49)59)39-29-32-42(33-30-39)61(43-34-36-54-50(38-43)46-20-9-13-25-52(46)60(54,3)4)58-44(40-17-6-5-7-18-40)23-16-28-57(58)62-55-26-14-10-21-47(55)48-22-11-15-27-56(48)62/h5-38H,1-4H3. The molecule has 0 saturated carbocycles. The molecule has 0 amide bonds. The van der Waals surface area contributed by atoms with Gasteiger partial charge in [0, 0.05) is 38.5 Å². The number of para-hydroxylation sites is 3. The number of aromatic nitrogens is 1. The number of anilines is 3. The van der Waals surface area contributed by atoms with Gasteiger partial charge in [-0.15, -0.1) is 0 Å². The van der Waals surface area contributed by atoms with E-state index in [-0.39, 0.29) is 10.8 Å². The van der Waals surface area contributed by atoms with Gasteiger partial charge in [0.2, 0.25) is 0 Å². The molecule has 2 nitrogen and oxygen atoms in total. The predicted octanol–water partition coefficient (Wildman–Crippen LogP) is 16.2. The van der Waals surface area contributed by atoms with Crippen LogP contribution >= 0.6 is 0 Å². The molecule has 0 aliphatic heterocycles. The van der Waals surface area contributed by atoms with Crippen molar-refractivity contribution in [3.63, 3.8) is 0 Å². The van der Waals surface area contributed by atoms with Gasteiger partial charge >= 0.3 is 0 Å². The van der Waals surface area contributed by atoms with Gasteiger partial charge in [-0.1, -0.05) is 185 Å². The zero-order valence-corrected chi connectivity index (χ0v) is 35.5. The first-order valence-electron chi connectivity index (χ1n) is 21.9. The van der Waals surface area contributed by atoms with Crippen molar-refractivity contribution in [2.75, 3.05) is 4.90 Å². The molecule has 0 N–H and O–H groups in total. The highest BCUT2D eigenvalue weighted by Crippen LogP contribution is 2.53. The van der Waals surface area contributed by atoms with E-state index in [9.17, 15) is 0 Å². The molecule has 2 aliphatic rings. The minimum atomic E-state index is -0.0986. The second kappa shape index (κ2) is 13.5. The Morgan fingerprint density at radius 2 is 0.823 bits per heavy atom. The molecule has 0 atom stereocenters. The van der Waals surface area contributed by atoms with Gasteiger partial charge in [0.25, 0.3) is 0 Å². The molecule has 10 aromatic rings. The Morgan fingerprint density at radius 3 is 1.47 bits per heavy atom. The lowest BCUT2D eigenvalue weighted by Crippen LogP contribution is -2.16. The third-order valence-electron chi connectivity index (χ3n) is 14.0. The molecule has 0 radical (unpaired) electrons. The van der Waals surface area contributed by atoms with Crippen LogP contribution in [0.3, 0.4) is 0 Å². The van der Waals surface area contributed by atoms with Gasteiger partial charge < -0.3 is 9.47 Å². The fraction of sp³-hybridized carbons (Fsp3) is 0.100. The number of hydrogen-bond donors (Lipinski definition) is 0. The largest absolute Gasteiger partial charge is 0.308 e. The highest BCUT2D eigenvalue weighted by Gasteiger charge is 2.37. The smallest absolute Gasteiger partial charge is 0.0781 e. The Balaban J connectivity index is 1.11. The summed E-state index contributed by atoms with van der Waals surface area (Å²) in [4.78, 5) is 2.51. The number of fused-ring (bicyclic) bond motifs is 9. The number of rotatable bonds is 6. The molecule has 1 aromatic heterocycles. The highest BCUT2D eigenvalue weighted by molar-refractivity contribution is 6.10. The first-order chi connectivity index (χ1) is 30.3. The molecular formula is C60H46N2. The Morgan fingerprint density at radius 1 is 0.339 bits per heavy atom. The zero-order valence-electron chi connectivity index (χ0n) is 35.5. The first kappa shape index (κ1) is 36.4. The molecule has 0 spiro atoms. The molecule has 0 saturated heterocycles. The Labute approximate surface area is 364 Å². The van der Waals surface area contributed by atoms with Crippen molar-refractivity contribution in [1.82, 2.24) is 4.57 Å². The normalized spacial score (nSPS) is 14.1. The van der Waals surface area contributed by atoms with Crippen molar-refractivity contribution >= 4 is 38.9 Å². The molecule has 2 aliphatic carbocycles. The van der Waals surface area contributed by atoms with Crippen LogP contribution in [-0.4, -0.2) is 4.57 Å². The first-order valence-corrected chi connectivity index (χ1v) is 21.9. The molecule has 296 valence electrons. The molecule has 0 bridgehead atoms. The quantitative estimate of drug-likeness (QED) is 0.163. The van der Waals surface area contributed by atoms with Crippen molar-refractivity contribution in [3.8, 4) is 50.2 Å². The summed E-state index contributed by atoms with van der Waals surface area (Å²) in [5, 5.41) is 2.48. The monoisotopic (exact) mass is 794 g/mol. The molecule has 1 heterocycles. The molecule has 0 unspecified atom stereocenters. The van der Waals surface area contributed by atoms with Gasteiger partial charge in [-0.3, -0.25) is 0 Å². The average Bonchev–Trinajstić information content (AvgIpc) is 3.86. The van der Waals surface area contributed by atoms with Crippen molar-refractivity contribution < 1.29 is 0 Å². The fourth-order valence-electron chi connectivity index (χ4n) is 10.9. The fourth-order valence-corrected chi connectivity index (χ4v) is 10.9. The van der Waals surface area contributed by atoms with E-state index < -0.39 is 0 Å². The summed E-state index contributed by atoms with van der Waals surface area (Å²) in [5.41, 5.74) is 22.2. The second-order valence-corrected chi connectivity index (χ2v) is 18.1. The van der Waals surface area contributed by atoms with Gasteiger partial charge in [-0.05, 0) is 110 Å². The van der Waals surface area contributed by atoms with Gasteiger partial charge in [0.05, 0.1) is 22.4 Å². The van der Waals surface area contributed by atoms with Crippen LogP contribution in [0.2, 0.25) is 0 Å². The molecule has 2 heteroatoms.